The Kier molecular flexibility index (Phi) is 6.23. The van der Waals surface area contributed by atoms with Gasteiger partial charge in [0.2, 0.25) is 0 Å². The maximum absolute atomic E-state index is 4.11. The van der Waals surface area contributed by atoms with Crippen LogP contribution in [0, 0.1) is 5.92 Å². The molecule has 1 N–H and O–H groups in total. The first-order valence-corrected chi connectivity index (χ1v) is 12.2. The number of hydrogen-bond donors (Lipinski definition) is 1. The molecule has 0 aromatic heterocycles. The minimum Gasteiger partial charge on any atom is -0.355 e. The molecule has 0 bridgehead atoms. The molecule has 2 aromatic rings. The normalized spacial score (nSPS) is 23.9. The van der Waals surface area contributed by atoms with Crippen molar-refractivity contribution >= 4 is 28.8 Å². The Labute approximate surface area is 201 Å². The standard InChI is InChI=1S/C30H28N2S/c1-22-9-5-7-19-32(20-8-6-10-23(22)2)26-16-14-25(15-17-26)31-28-11-3-4-12-29(28)33-30-21-24-13-18-27(24)30/h3-19,24,31H,1,20-21H2,2H3/b8-6-,9-5-,19-7-,23-10+. The van der Waals surface area contributed by atoms with E-state index in [-0.39, 0.29) is 0 Å². The van der Waals surface area contributed by atoms with Gasteiger partial charge in [-0.3, -0.25) is 0 Å². The summed E-state index contributed by atoms with van der Waals surface area (Å²) in [5, 5.41) is 3.62. The van der Waals surface area contributed by atoms with Crippen molar-refractivity contribution in [2.45, 2.75) is 18.2 Å². The fraction of sp³-hybridized carbons (Fsp3) is 0.133. The van der Waals surface area contributed by atoms with Gasteiger partial charge in [0.05, 0.1) is 5.69 Å². The molecule has 0 spiro atoms. The number of rotatable bonds is 5. The maximum Gasteiger partial charge on any atom is 0.0525 e. The van der Waals surface area contributed by atoms with Crippen LogP contribution in [0.25, 0.3) is 0 Å². The van der Waals surface area contributed by atoms with Crippen molar-refractivity contribution in [2.75, 3.05) is 16.8 Å². The quantitative estimate of drug-likeness (QED) is 0.495. The molecule has 2 nitrogen and oxygen atoms in total. The third-order valence-corrected chi connectivity index (χ3v) is 7.42. The molecular weight excluding hydrogens is 420 g/mol. The van der Waals surface area contributed by atoms with Gasteiger partial charge in [-0.15, -0.1) is 0 Å². The number of para-hydroxylation sites is 1. The monoisotopic (exact) mass is 448 g/mol. The van der Waals surface area contributed by atoms with Crippen molar-refractivity contribution in [1.29, 1.82) is 0 Å². The second-order valence-electron chi connectivity index (χ2n) is 8.47. The van der Waals surface area contributed by atoms with Gasteiger partial charge >= 0.3 is 0 Å². The van der Waals surface area contributed by atoms with Gasteiger partial charge in [-0.25, -0.2) is 0 Å². The summed E-state index contributed by atoms with van der Waals surface area (Å²) in [4.78, 5) is 5.02. The number of thioether (sulfide) groups is 1. The van der Waals surface area contributed by atoms with E-state index in [0.717, 1.165) is 35.1 Å². The van der Waals surface area contributed by atoms with Crippen LogP contribution in [0.5, 0.6) is 0 Å². The highest BCUT2D eigenvalue weighted by Gasteiger charge is 2.31. The van der Waals surface area contributed by atoms with Gasteiger partial charge in [0, 0.05) is 34.9 Å². The molecule has 2 aromatic carbocycles. The Morgan fingerprint density at radius 3 is 2.61 bits per heavy atom. The predicted octanol–water partition coefficient (Wildman–Crippen LogP) is 8.31. The molecule has 2 aliphatic carbocycles. The van der Waals surface area contributed by atoms with Crippen LogP contribution in [0.3, 0.4) is 0 Å². The summed E-state index contributed by atoms with van der Waals surface area (Å²) in [6.45, 7) is 7.00. The van der Waals surface area contributed by atoms with E-state index in [0.29, 0.717) is 0 Å². The molecule has 1 atom stereocenters. The Balaban J connectivity index is 1.30. The number of allylic oxidation sites excluding steroid dienone is 11. The summed E-state index contributed by atoms with van der Waals surface area (Å²) in [6, 6.07) is 17.2. The van der Waals surface area contributed by atoms with Gasteiger partial charge in [0.25, 0.3) is 0 Å². The molecule has 3 aliphatic rings. The summed E-state index contributed by atoms with van der Waals surface area (Å²) in [7, 11) is 0. The van der Waals surface area contributed by atoms with E-state index in [9.17, 15) is 0 Å². The topological polar surface area (TPSA) is 15.3 Å². The van der Waals surface area contributed by atoms with Gasteiger partial charge in [0.15, 0.2) is 0 Å². The van der Waals surface area contributed by atoms with Crippen molar-refractivity contribution in [2.24, 2.45) is 5.92 Å². The SMILES string of the molecule is C=C1/C=C\C=C/N(c2ccc(Nc3ccccc3SC3=C4C=CC4C3)cc2)C/C=C\C=C\1C. The number of nitrogens with one attached hydrogen (secondary N) is 1. The largest absolute Gasteiger partial charge is 0.355 e. The van der Waals surface area contributed by atoms with Crippen LogP contribution in [0.1, 0.15) is 13.3 Å². The lowest BCUT2D eigenvalue weighted by atomic mass is 9.76. The number of anilines is 3. The molecule has 1 unspecified atom stereocenters. The zero-order chi connectivity index (χ0) is 22.6. The molecule has 1 aliphatic heterocycles. The van der Waals surface area contributed by atoms with Gasteiger partial charge < -0.3 is 10.2 Å². The fourth-order valence-corrected chi connectivity index (χ4v) is 5.22. The number of hydrogen-bond acceptors (Lipinski definition) is 3. The van der Waals surface area contributed by atoms with Crippen molar-refractivity contribution in [3.05, 3.63) is 132 Å². The number of nitrogens with zero attached hydrogens (tertiary/aromatic N) is 1. The van der Waals surface area contributed by atoms with E-state index in [2.05, 4.69) is 115 Å². The van der Waals surface area contributed by atoms with Crippen molar-refractivity contribution < 1.29 is 0 Å². The predicted molar refractivity (Wildman–Crippen MR) is 144 cm³/mol. The maximum atomic E-state index is 4.11. The number of benzene rings is 2. The van der Waals surface area contributed by atoms with Crippen LogP contribution >= 0.6 is 11.8 Å². The van der Waals surface area contributed by atoms with Gasteiger partial charge in [-0.2, -0.15) is 0 Å². The van der Waals surface area contributed by atoms with Crippen molar-refractivity contribution in [1.82, 2.24) is 0 Å². The van der Waals surface area contributed by atoms with Crippen molar-refractivity contribution in [3.63, 3.8) is 0 Å². The van der Waals surface area contributed by atoms with E-state index in [1.807, 2.05) is 23.9 Å². The molecule has 0 amide bonds. The van der Waals surface area contributed by atoms with Gasteiger partial charge in [-0.1, -0.05) is 73.0 Å². The Morgan fingerprint density at radius 2 is 1.85 bits per heavy atom. The van der Waals surface area contributed by atoms with Crippen LogP contribution in [-0.2, 0) is 0 Å². The lowest BCUT2D eigenvalue weighted by Crippen LogP contribution is -2.19. The molecule has 0 saturated heterocycles. The Hall–Kier alpha value is -3.43. The zero-order valence-electron chi connectivity index (χ0n) is 18.9. The zero-order valence-corrected chi connectivity index (χ0v) is 19.7. The second kappa shape index (κ2) is 9.60. The first-order chi connectivity index (χ1) is 16.2. The molecule has 164 valence electrons. The average molecular weight is 449 g/mol. The molecular formula is C30H28N2S. The molecule has 0 saturated carbocycles. The second-order valence-corrected chi connectivity index (χ2v) is 9.61. The van der Waals surface area contributed by atoms with Crippen LogP contribution in [0.15, 0.2) is 136 Å². The van der Waals surface area contributed by atoms with Crippen LogP contribution in [-0.4, -0.2) is 6.54 Å². The van der Waals surface area contributed by atoms with E-state index in [1.54, 1.807) is 0 Å². The number of fused-ring (bicyclic) bond motifs is 1. The molecule has 5 rings (SSSR count). The van der Waals surface area contributed by atoms with E-state index >= 15 is 0 Å². The van der Waals surface area contributed by atoms with Crippen LogP contribution in [0.2, 0.25) is 0 Å². The summed E-state index contributed by atoms with van der Waals surface area (Å²) in [5.74, 6) is 0.722. The molecule has 0 radical (unpaired) electrons. The highest BCUT2D eigenvalue weighted by atomic mass is 32.2. The average Bonchev–Trinajstić information content (AvgIpc) is 2.85. The lowest BCUT2D eigenvalue weighted by Gasteiger charge is -2.35. The van der Waals surface area contributed by atoms with Gasteiger partial charge in [0.1, 0.15) is 0 Å². The van der Waals surface area contributed by atoms with E-state index < -0.39 is 0 Å². The highest BCUT2D eigenvalue weighted by Crippen LogP contribution is 2.51. The van der Waals surface area contributed by atoms with E-state index in [4.69, 9.17) is 0 Å². The Bertz CT molecular complexity index is 1240. The summed E-state index contributed by atoms with van der Waals surface area (Å²) in [5.41, 5.74) is 7.13. The lowest BCUT2D eigenvalue weighted by molar-refractivity contribution is 0.662. The molecule has 3 heteroatoms. The highest BCUT2D eigenvalue weighted by molar-refractivity contribution is 8.03. The van der Waals surface area contributed by atoms with Crippen LogP contribution in [0.4, 0.5) is 17.1 Å². The third-order valence-electron chi connectivity index (χ3n) is 6.20. The molecule has 0 fully saturated rings. The summed E-state index contributed by atoms with van der Waals surface area (Å²) >= 11 is 1.90. The first-order valence-electron chi connectivity index (χ1n) is 11.4. The summed E-state index contributed by atoms with van der Waals surface area (Å²) < 4.78 is 0. The Morgan fingerprint density at radius 1 is 1.00 bits per heavy atom. The minimum atomic E-state index is 0.722. The summed E-state index contributed by atoms with van der Waals surface area (Å²) in [6.07, 6.45) is 20.4. The molecule has 33 heavy (non-hydrogen) atoms. The van der Waals surface area contributed by atoms with Crippen molar-refractivity contribution in [3.8, 4) is 0 Å². The first kappa shape index (κ1) is 21.4. The smallest absolute Gasteiger partial charge is 0.0525 e. The fourth-order valence-electron chi connectivity index (χ4n) is 3.98. The van der Waals surface area contributed by atoms with Gasteiger partial charge in [-0.05, 0) is 77.4 Å². The van der Waals surface area contributed by atoms with E-state index in [1.165, 1.54) is 27.4 Å². The minimum absolute atomic E-state index is 0.722. The third kappa shape index (κ3) is 4.84. The molecule has 1 heterocycles. The van der Waals surface area contributed by atoms with Crippen LogP contribution < -0.4 is 10.2 Å².